The Morgan fingerprint density at radius 2 is 1.92 bits per heavy atom. The molecule has 0 radical (unpaired) electrons. The summed E-state index contributed by atoms with van der Waals surface area (Å²) >= 11 is 1.62. The molecule has 26 heavy (non-hydrogen) atoms. The normalized spacial score (nSPS) is 26.7. The standard InChI is InChI=1S/C20H36O5S/c1-2-3-6-9-16(22)14-26-20-17(15(13-21)12-18(20)23)10-7-4-5-8-11-19(24)25/h13,15-18,20,22-23H,2-12,14H2,1H3,(H,24,25)/t15?,16?,17-,18?,20+/m0/s1. The molecule has 1 saturated carbocycles. The molecule has 6 heteroatoms. The van der Waals surface area contributed by atoms with E-state index in [0.717, 1.165) is 57.7 Å². The summed E-state index contributed by atoms with van der Waals surface area (Å²) in [5.74, 6) is -0.0703. The zero-order valence-corrected chi connectivity index (χ0v) is 16.8. The highest BCUT2D eigenvalue weighted by Crippen LogP contribution is 2.42. The minimum atomic E-state index is -0.751. The van der Waals surface area contributed by atoms with Crippen LogP contribution in [0.15, 0.2) is 0 Å². The Hall–Kier alpha value is -0.590. The molecular weight excluding hydrogens is 352 g/mol. The predicted octanol–water partition coefficient (Wildman–Crippen LogP) is 3.65. The SMILES string of the molecule is CCCCCC(O)CS[C@H]1C(O)CC(C=O)[C@@H]1CCCCCCC(=O)O. The molecule has 0 aromatic heterocycles. The molecule has 0 bridgehead atoms. The number of thioether (sulfide) groups is 1. The van der Waals surface area contributed by atoms with E-state index < -0.39 is 12.1 Å². The van der Waals surface area contributed by atoms with Crippen LogP contribution >= 0.6 is 11.8 Å². The number of unbranched alkanes of at least 4 members (excludes halogenated alkanes) is 5. The summed E-state index contributed by atoms with van der Waals surface area (Å²) in [6.45, 7) is 2.14. The summed E-state index contributed by atoms with van der Waals surface area (Å²) in [5.41, 5.74) is 0. The Kier molecular flexibility index (Phi) is 12.2. The molecule has 3 N–H and O–H groups in total. The highest BCUT2D eigenvalue weighted by atomic mass is 32.2. The number of aldehydes is 1. The minimum absolute atomic E-state index is 0.0186. The summed E-state index contributed by atoms with van der Waals surface area (Å²) in [6, 6.07) is 0. The molecule has 0 saturated heterocycles. The van der Waals surface area contributed by atoms with Crippen LogP contribution in [-0.2, 0) is 9.59 Å². The van der Waals surface area contributed by atoms with Crippen molar-refractivity contribution in [1.29, 1.82) is 0 Å². The molecule has 1 aliphatic carbocycles. The van der Waals surface area contributed by atoms with E-state index in [0.29, 0.717) is 18.6 Å². The molecule has 5 nitrogen and oxygen atoms in total. The van der Waals surface area contributed by atoms with Gasteiger partial charge in [0.25, 0.3) is 0 Å². The Morgan fingerprint density at radius 3 is 2.58 bits per heavy atom. The van der Waals surface area contributed by atoms with Crippen LogP contribution in [0.5, 0.6) is 0 Å². The fourth-order valence-corrected chi connectivity index (χ4v) is 5.36. The van der Waals surface area contributed by atoms with Crippen LogP contribution in [0.25, 0.3) is 0 Å². The molecule has 0 spiro atoms. The van der Waals surface area contributed by atoms with E-state index in [2.05, 4.69) is 6.92 Å². The van der Waals surface area contributed by atoms with Gasteiger partial charge in [0.1, 0.15) is 6.29 Å². The van der Waals surface area contributed by atoms with E-state index in [9.17, 15) is 19.8 Å². The van der Waals surface area contributed by atoms with Crippen molar-refractivity contribution in [2.24, 2.45) is 11.8 Å². The molecule has 3 unspecified atom stereocenters. The Morgan fingerprint density at radius 1 is 1.19 bits per heavy atom. The summed E-state index contributed by atoms with van der Waals surface area (Å²) in [7, 11) is 0. The number of hydrogen-bond donors (Lipinski definition) is 3. The minimum Gasteiger partial charge on any atom is -0.481 e. The van der Waals surface area contributed by atoms with Gasteiger partial charge in [-0.3, -0.25) is 4.79 Å². The van der Waals surface area contributed by atoms with E-state index in [4.69, 9.17) is 5.11 Å². The van der Waals surface area contributed by atoms with Crippen LogP contribution in [0.3, 0.4) is 0 Å². The zero-order chi connectivity index (χ0) is 19.4. The molecule has 5 atom stereocenters. The first-order chi connectivity index (χ1) is 12.5. The molecule has 1 aliphatic rings. The summed E-state index contributed by atoms with van der Waals surface area (Å²) < 4.78 is 0. The first-order valence-electron chi connectivity index (χ1n) is 10.1. The number of aliphatic carboxylic acids is 1. The van der Waals surface area contributed by atoms with Crippen LogP contribution in [0.4, 0.5) is 0 Å². The third kappa shape index (κ3) is 8.87. The van der Waals surface area contributed by atoms with Crippen molar-refractivity contribution < 1.29 is 24.9 Å². The maximum absolute atomic E-state index is 11.4. The van der Waals surface area contributed by atoms with Gasteiger partial charge in [-0.1, -0.05) is 45.4 Å². The molecule has 0 heterocycles. The maximum atomic E-state index is 11.4. The number of carbonyl (C=O) groups excluding carboxylic acids is 1. The highest BCUT2D eigenvalue weighted by Gasteiger charge is 2.42. The first kappa shape index (κ1) is 23.4. The molecule has 0 amide bonds. The lowest BCUT2D eigenvalue weighted by Gasteiger charge is -2.24. The smallest absolute Gasteiger partial charge is 0.303 e. The molecule has 0 aromatic rings. The van der Waals surface area contributed by atoms with Gasteiger partial charge in [-0.25, -0.2) is 0 Å². The van der Waals surface area contributed by atoms with Crippen molar-refractivity contribution in [2.45, 2.75) is 95.0 Å². The number of carboxylic acid groups (broad SMARTS) is 1. The van der Waals surface area contributed by atoms with Crippen molar-refractivity contribution in [1.82, 2.24) is 0 Å². The zero-order valence-electron chi connectivity index (χ0n) is 16.0. The third-order valence-electron chi connectivity index (χ3n) is 5.34. The topological polar surface area (TPSA) is 94.8 Å². The monoisotopic (exact) mass is 388 g/mol. The highest BCUT2D eigenvalue weighted by molar-refractivity contribution is 8.00. The maximum Gasteiger partial charge on any atom is 0.303 e. The Bertz CT molecular complexity index is 404. The van der Waals surface area contributed by atoms with Crippen molar-refractivity contribution in [3.05, 3.63) is 0 Å². The second-order valence-corrected chi connectivity index (χ2v) is 8.77. The second kappa shape index (κ2) is 13.6. The van der Waals surface area contributed by atoms with Crippen molar-refractivity contribution in [3.8, 4) is 0 Å². The summed E-state index contributed by atoms with van der Waals surface area (Å²) in [5, 5.41) is 29.2. The molecule has 1 fully saturated rings. The largest absolute Gasteiger partial charge is 0.481 e. The van der Waals surface area contributed by atoms with E-state index in [-0.39, 0.29) is 29.6 Å². The molecule has 0 aliphatic heterocycles. The lowest BCUT2D eigenvalue weighted by Crippen LogP contribution is -2.26. The molecule has 152 valence electrons. The van der Waals surface area contributed by atoms with Crippen LogP contribution in [0.2, 0.25) is 0 Å². The van der Waals surface area contributed by atoms with Gasteiger partial charge in [0.05, 0.1) is 12.2 Å². The Balaban J connectivity index is 2.38. The quantitative estimate of drug-likeness (QED) is 0.293. The van der Waals surface area contributed by atoms with Gasteiger partial charge >= 0.3 is 5.97 Å². The van der Waals surface area contributed by atoms with E-state index in [1.54, 1.807) is 11.8 Å². The van der Waals surface area contributed by atoms with Crippen molar-refractivity contribution >= 4 is 24.0 Å². The van der Waals surface area contributed by atoms with Gasteiger partial charge < -0.3 is 20.1 Å². The number of rotatable bonds is 15. The number of carbonyl (C=O) groups is 2. The lowest BCUT2D eigenvalue weighted by molar-refractivity contribution is -0.137. The van der Waals surface area contributed by atoms with Crippen molar-refractivity contribution in [2.75, 3.05) is 5.75 Å². The average Bonchev–Trinajstić information content (AvgIpc) is 2.91. The van der Waals surface area contributed by atoms with Gasteiger partial charge in [0.2, 0.25) is 0 Å². The van der Waals surface area contributed by atoms with Crippen LogP contribution in [0, 0.1) is 11.8 Å². The van der Waals surface area contributed by atoms with Crippen LogP contribution < -0.4 is 0 Å². The van der Waals surface area contributed by atoms with Gasteiger partial charge in [-0.05, 0) is 31.6 Å². The summed E-state index contributed by atoms with van der Waals surface area (Å²) in [6.07, 6.45) is 9.39. The van der Waals surface area contributed by atoms with Gasteiger partial charge in [0, 0.05) is 23.3 Å². The van der Waals surface area contributed by atoms with Gasteiger partial charge in [-0.2, -0.15) is 11.8 Å². The molecule has 0 aromatic carbocycles. The Labute approximate surface area is 161 Å². The van der Waals surface area contributed by atoms with E-state index >= 15 is 0 Å². The third-order valence-corrected chi connectivity index (χ3v) is 6.97. The number of aliphatic hydroxyl groups is 2. The average molecular weight is 389 g/mol. The first-order valence-corrected chi connectivity index (χ1v) is 11.2. The summed E-state index contributed by atoms with van der Waals surface area (Å²) in [4.78, 5) is 21.9. The van der Waals surface area contributed by atoms with Crippen LogP contribution in [0.1, 0.15) is 77.6 Å². The van der Waals surface area contributed by atoms with Gasteiger partial charge in [0.15, 0.2) is 0 Å². The molecule has 1 rings (SSSR count). The van der Waals surface area contributed by atoms with Crippen LogP contribution in [-0.4, -0.2) is 50.8 Å². The fraction of sp³-hybridized carbons (Fsp3) is 0.900. The van der Waals surface area contributed by atoms with Gasteiger partial charge in [-0.15, -0.1) is 0 Å². The number of aliphatic hydroxyl groups excluding tert-OH is 2. The second-order valence-electron chi connectivity index (χ2n) is 7.56. The number of hydrogen-bond acceptors (Lipinski definition) is 5. The number of carboxylic acids is 1. The lowest BCUT2D eigenvalue weighted by atomic mass is 9.91. The fourth-order valence-electron chi connectivity index (χ4n) is 3.83. The molecular formula is C20H36O5S. The van der Waals surface area contributed by atoms with E-state index in [1.807, 2.05) is 0 Å². The van der Waals surface area contributed by atoms with E-state index in [1.165, 1.54) is 0 Å². The predicted molar refractivity (Wildman–Crippen MR) is 105 cm³/mol. The van der Waals surface area contributed by atoms with Crippen molar-refractivity contribution in [3.63, 3.8) is 0 Å².